The molecule has 6 heteroatoms. The Hall–Kier alpha value is -1.92. The van der Waals surface area contributed by atoms with E-state index in [2.05, 4.69) is 43.5 Å². The molecule has 0 aliphatic carbocycles. The van der Waals surface area contributed by atoms with Crippen molar-refractivity contribution in [2.24, 2.45) is 0 Å². The van der Waals surface area contributed by atoms with Crippen molar-refractivity contribution in [3.05, 3.63) is 36.5 Å². The predicted octanol–water partition coefficient (Wildman–Crippen LogP) is 17.6. The molecule has 0 saturated carbocycles. The topological polar surface area (TPSA) is 95.9 Å². The molecule has 0 radical (unpaired) electrons. The maximum Gasteiger partial charge on any atom is 0.305 e. The molecule has 6 nitrogen and oxygen atoms in total. The van der Waals surface area contributed by atoms with Crippen molar-refractivity contribution in [1.82, 2.24) is 5.32 Å². The molecule has 382 valence electrons. The van der Waals surface area contributed by atoms with E-state index in [0.717, 1.165) is 44.9 Å². The van der Waals surface area contributed by atoms with Gasteiger partial charge in [-0.25, -0.2) is 0 Å². The second-order valence-corrected chi connectivity index (χ2v) is 19.6. The van der Waals surface area contributed by atoms with E-state index in [1.165, 1.54) is 231 Å². The van der Waals surface area contributed by atoms with Gasteiger partial charge in [0, 0.05) is 12.8 Å². The van der Waals surface area contributed by atoms with Crippen molar-refractivity contribution in [3.63, 3.8) is 0 Å². The summed E-state index contributed by atoms with van der Waals surface area (Å²) in [6.45, 7) is 4.85. The third-order valence-electron chi connectivity index (χ3n) is 13.1. The van der Waals surface area contributed by atoms with E-state index in [4.69, 9.17) is 4.74 Å². The van der Waals surface area contributed by atoms with Crippen molar-refractivity contribution in [3.8, 4) is 0 Å². The Balaban J connectivity index is 3.38. The maximum atomic E-state index is 12.4. The Morgan fingerprint density at radius 3 is 1.12 bits per heavy atom. The molecule has 2 unspecified atom stereocenters. The van der Waals surface area contributed by atoms with Crippen LogP contribution in [-0.2, 0) is 14.3 Å². The Bertz CT molecular complexity index is 1060. The van der Waals surface area contributed by atoms with Crippen LogP contribution in [0.1, 0.15) is 303 Å². The minimum atomic E-state index is -0.842. The molecule has 0 saturated heterocycles. The molecule has 0 aliphatic heterocycles. The third-order valence-corrected chi connectivity index (χ3v) is 13.1. The minimum Gasteiger partial charge on any atom is -0.466 e. The van der Waals surface area contributed by atoms with Crippen LogP contribution in [-0.4, -0.2) is 47.4 Å². The zero-order chi connectivity index (χ0) is 47.2. The summed E-state index contributed by atoms with van der Waals surface area (Å²) in [5, 5.41) is 22.9. The molecule has 0 aliphatic rings. The summed E-state index contributed by atoms with van der Waals surface area (Å²) in [6.07, 6.45) is 67.6. The van der Waals surface area contributed by atoms with Crippen molar-refractivity contribution in [2.75, 3.05) is 13.2 Å². The fraction of sp³-hybridized carbons (Fsp3) is 0.864. The van der Waals surface area contributed by atoms with E-state index in [1.807, 2.05) is 6.08 Å². The summed E-state index contributed by atoms with van der Waals surface area (Å²) in [5.41, 5.74) is 0. The molecule has 65 heavy (non-hydrogen) atoms. The van der Waals surface area contributed by atoms with Crippen molar-refractivity contribution >= 4 is 11.9 Å². The van der Waals surface area contributed by atoms with Crippen LogP contribution in [0.15, 0.2) is 36.5 Å². The number of carbonyl (C=O) groups excluding carboxylic acids is 2. The predicted molar refractivity (Wildman–Crippen MR) is 283 cm³/mol. The SMILES string of the molecule is CCCCC/C=C\CCCCCCCC(=O)OCCCCCCCCCCCCCC/C=C\CCCCCCCCCCCCCC(=O)NC(CO)C(O)/C=C/CCCCCCCCC. The molecule has 0 rings (SSSR count). The second kappa shape index (κ2) is 54.7. The van der Waals surface area contributed by atoms with Gasteiger partial charge < -0.3 is 20.3 Å². The number of nitrogens with one attached hydrogen (secondary N) is 1. The number of aliphatic hydroxyl groups is 2. The number of hydrogen-bond donors (Lipinski definition) is 3. The van der Waals surface area contributed by atoms with Crippen LogP contribution in [0.3, 0.4) is 0 Å². The highest BCUT2D eigenvalue weighted by Gasteiger charge is 2.18. The quantitative estimate of drug-likeness (QED) is 0.0321. The van der Waals surface area contributed by atoms with Gasteiger partial charge >= 0.3 is 5.97 Å². The lowest BCUT2D eigenvalue weighted by Gasteiger charge is -2.20. The highest BCUT2D eigenvalue weighted by atomic mass is 16.5. The third kappa shape index (κ3) is 51.3. The van der Waals surface area contributed by atoms with Gasteiger partial charge in [-0.2, -0.15) is 0 Å². The normalized spacial score (nSPS) is 12.9. The van der Waals surface area contributed by atoms with Crippen LogP contribution in [0, 0.1) is 0 Å². The fourth-order valence-corrected chi connectivity index (χ4v) is 8.68. The molecule has 0 aromatic carbocycles. The molecule has 0 fully saturated rings. The Morgan fingerprint density at radius 1 is 0.415 bits per heavy atom. The summed E-state index contributed by atoms with van der Waals surface area (Å²) in [6, 6.07) is -0.626. The van der Waals surface area contributed by atoms with Crippen molar-refractivity contribution in [1.29, 1.82) is 0 Å². The molecule has 0 aromatic heterocycles. The fourth-order valence-electron chi connectivity index (χ4n) is 8.68. The van der Waals surface area contributed by atoms with Crippen molar-refractivity contribution < 1.29 is 24.5 Å². The summed E-state index contributed by atoms with van der Waals surface area (Å²) >= 11 is 0. The van der Waals surface area contributed by atoms with Gasteiger partial charge in [-0.3, -0.25) is 9.59 Å². The standard InChI is InChI=1S/C59H111NO5/c1-3-5-7-9-11-13-14-33-37-41-45-49-53-59(64)65-54-50-46-42-38-34-31-29-27-25-23-21-19-17-15-16-18-20-22-24-26-28-30-32-36-40-44-48-52-58(63)60-56(55-61)57(62)51-47-43-39-35-12-10-8-6-4-2/h11,13,15-16,47,51,56-57,61-62H,3-10,12,14,17-46,48-50,52-55H2,1-2H3,(H,60,63)/b13-11-,16-15-,51-47+. The van der Waals surface area contributed by atoms with Crippen LogP contribution < -0.4 is 5.32 Å². The van der Waals surface area contributed by atoms with Crippen LogP contribution in [0.2, 0.25) is 0 Å². The number of esters is 1. The molecular weight excluding hydrogens is 803 g/mol. The first kappa shape index (κ1) is 63.1. The molecule has 0 bridgehead atoms. The van der Waals surface area contributed by atoms with Gasteiger partial charge in [0.15, 0.2) is 0 Å². The van der Waals surface area contributed by atoms with Crippen LogP contribution in [0.4, 0.5) is 0 Å². The lowest BCUT2D eigenvalue weighted by molar-refractivity contribution is -0.143. The number of unbranched alkanes of at least 4 members (excludes halogenated alkanes) is 38. The lowest BCUT2D eigenvalue weighted by Crippen LogP contribution is -2.45. The summed E-state index contributed by atoms with van der Waals surface area (Å²) in [5.74, 6) is -0.0675. The highest BCUT2D eigenvalue weighted by Crippen LogP contribution is 2.16. The second-order valence-electron chi connectivity index (χ2n) is 19.6. The first-order chi connectivity index (χ1) is 32.0. The van der Waals surface area contributed by atoms with E-state index in [-0.39, 0.29) is 18.5 Å². The van der Waals surface area contributed by atoms with Gasteiger partial charge in [-0.15, -0.1) is 0 Å². The number of rotatable bonds is 53. The molecular formula is C59H111NO5. The Kier molecular flexibility index (Phi) is 53.1. The molecule has 0 aromatic rings. The molecule has 0 spiro atoms. The summed E-state index contributed by atoms with van der Waals surface area (Å²) < 4.78 is 5.46. The highest BCUT2D eigenvalue weighted by molar-refractivity contribution is 5.76. The molecule has 2 atom stereocenters. The zero-order valence-electron chi connectivity index (χ0n) is 43.5. The largest absolute Gasteiger partial charge is 0.466 e. The summed E-state index contributed by atoms with van der Waals surface area (Å²) in [7, 11) is 0. The van der Waals surface area contributed by atoms with Crippen molar-refractivity contribution in [2.45, 2.75) is 315 Å². The number of amides is 1. The van der Waals surface area contributed by atoms with E-state index >= 15 is 0 Å². The van der Waals surface area contributed by atoms with Crippen LogP contribution >= 0.6 is 0 Å². The van der Waals surface area contributed by atoms with Crippen LogP contribution in [0.5, 0.6) is 0 Å². The van der Waals surface area contributed by atoms with E-state index < -0.39 is 12.1 Å². The van der Waals surface area contributed by atoms with E-state index in [9.17, 15) is 19.8 Å². The zero-order valence-corrected chi connectivity index (χ0v) is 43.5. The molecule has 3 N–H and O–H groups in total. The van der Waals surface area contributed by atoms with Crippen LogP contribution in [0.25, 0.3) is 0 Å². The molecule has 1 amide bonds. The smallest absolute Gasteiger partial charge is 0.305 e. The van der Waals surface area contributed by atoms with Gasteiger partial charge in [0.05, 0.1) is 25.4 Å². The number of carbonyl (C=O) groups is 2. The van der Waals surface area contributed by atoms with Gasteiger partial charge in [0.1, 0.15) is 0 Å². The summed E-state index contributed by atoms with van der Waals surface area (Å²) in [4.78, 5) is 24.4. The number of hydrogen-bond acceptors (Lipinski definition) is 5. The average molecular weight is 915 g/mol. The van der Waals surface area contributed by atoms with E-state index in [1.54, 1.807) is 6.08 Å². The first-order valence-corrected chi connectivity index (χ1v) is 28.8. The van der Waals surface area contributed by atoms with Gasteiger partial charge in [0.2, 0.25) is 5.91 Å². The monoisotopic (exact) mass is 914 g/mol. The lowest BCUT2D eigenvalue weighted by atomic mass is 10.0. The first-order valence-electron chi connectivity index (χ1n) is 28.8. The maximum absolute atomic E-state index is 12.4. The molecule has 0 heterocycles. The Morgan fingerprint density at radius 2 is 0.723 bits per heavy atom. The van der Waals surface area contributed by atoms with Gasteiger partial charge in [-0.05, 0) is 83.5 Å². The average Bonchev–Trinajstić information content (AvgIpc) is 3.31. The van der Waals surface area contributed by atoms with Gasteiger partial charge in [0.25, 0.3) is 0 Å². The number of aliphatic hydroxyl groups excluding tert-OH is 2. The minimum absolute atomic E-state index is 0.00407. The number of allylic oxidation sites excluding steroid dienone is 5. The number of ether oxygens (including phenoxy) is 1. The Labute approximate surface area is 404 Å². The van der Waals surface area contributed by atoms with Gasteiger partial charge in [-0.1, -0.05) is 243 Å². The van der Waals surface area contributed by atoms with E-state index in [0.29, 0.717) is 19.4 Å².